The summed E-state index contributed by atoms with van der Waals surface area (Å²) >= 11 is 8.51. The molecule has 0 fully saturated rings. The van der Waals surface area contributed by atoms with Gasteiger partial charge in [0.05, 0.1) is 12.7 Å². The summed E-state index contributed by atoms with van der Waals surface area (Å²) in [4.78, 5) is 4.60. The number of rotatable bonds is 5. The maximum atomic E-state index is 6.30. The van der Waals surface area contributed by atoms with E-state index < -0.39 is 6.23 Å². The van der Waals surface area contributed by atoms with Crippen molar-refractivity contribution in [2.45, 2.75) is 11.4 Å². The largest absolute Gasteiger partial charge is 0.496 e. The molecule has 0 bridgehead atoms. The van der Waals surface area contributed by atoms with E-state index in [0.29, 0.717) is 28.2 Å². The van der Waals surface area contributed by atoms with Crippen LogP contribution >= 0.6 is 43.6 Å². The Hall–Kier alpha value is -2.10. The first-order chi connectivity index (χ1) is 14.1. The quantitative estimate of drug-likeness (QED) is 0.324. The van der Waals surface area contributed by atoms with Crippen molar-refractivity contribution in [3.8, 4) is 22.9 Å². The molecule has 0 aliphatic carbocycles. The van der Waals surface area contributed by atoms with Crippen LogP contribution in [0, 0.1) is 0 Å². The van der Waals surface area contributed by atoms with Gasteiger partial charge in [-0.3, -0.25) is 0 Å². The first-order valence-corrected chi connectivity index (χ1v) is 11.2. The third-order valence-electron chi connectivity index (χ3n) is 4.19. The van der Waals surface area contributed by atoms with E-state index in [1.165, 1.54) is 11.8 Å². The van der Waals surface area contributed by atoms with E-state index >= 15 is 0 Å². The predicted octanol–water partition coefficient (Wildman–Crippen LogP) is 5.85. The molecule has 1 aliphatic heterocycles. The fourth-order valence-electron chi connectivity index (χ4n) is 2.92. The number of thioether (sulfide) groups is 1. The summed E-state index contributed by atoms with van der Waals surface area (Å²) in [5.74, 6) is 1.79. The van der Waals surface area contributed by atoms with Gasteiger partial charge in [0.25, 0.3) is 0 Å². The highest BCUT2D eigenvalue weighted by molar-refractivity contribution is 9.10. The fourth-order valence-corrected chi connectivity index (χ4v) is 4.17. The van der Waals surface area contributed by atoms with Gasteiger partial charge < -0.3 is 14.8 Å². The molecule has 1 N–H and O–H groups in total. The number of anilines is 1. The molecule has 0 saturated carbocycles. The second-order valence-electron chi connectivity index (χ2n) is 6.07. The summed E-state index contributed by atoms with van der Waals surface area (Å²) in [6.45, 7) is 3.74. The van der Waals surface area contributed by atoms with Crippen molar-refractivity contribution in [3.05, 3.63) is 63.6 Å². The molecule has 3 aromatic rings. The third-order valence-corrected chi connectivity index (χ3v) is 6.01. The molecule has 0 radical (unpaired) electrons. The van der Waals surface area contributed by atoms with Crippen LogP contribution in [0.4, 0.5) is 5.69 Å². The van der Waals surface area contributed by atoms with Crippen molar-refractivity contribution in [2.24, 2.45) is 0 Å². The number of methoxy groups -OCH3 is 1. The number of halogens is 2. The average Bonchev–Trinajstić information content (AvgIpc) is 2.88. The Morgan fingerprint density at radius 1 is 1.21 bits per heavy atom. The van der Waals surface area contributed by atoms with Crippen LogP contribution in [0.5, 0.6) is 11.6 Å². The lowest BCUT2D eigenvalue weighted by Gasteiger charge is -2.21. The second kappa shape index (κ2) is 8.73. The van der Waals surface area contributed by atoms with Gasteiger partial charge in [0.15, 0.2) is 5.69 Å². The van der Waals surface area contributed by atoms with Crippen LogP contribution in [0.25, 0.3) is 11.3 Å². The molecule has 0 amide bonds. The zero-order valence-corrected chi connectivity index (χ0v) is 19.3. The van der Waals surface area contributed by atoms with E-state index in [2.05, 4.69) is 58.9 Å². The molecule has 2 aromatic carbocycles. The maximum Gasteiger partial charge on any atom is 0.247 e. The minimum Gasteiger partial charge on any atom is -0.496 e. The third kappa shape index (κ3) is 4.26. The van der Waals surface area contributed by atoms with Crippen molar-refractivity contribution >= 4 is 49.3 Å². The van der Waals surface area contributed by atoms with Gasteiger partial charge >= 0.3 is 0 Å². The van der Waals surface area contributed by atoms with Crippen LogP contribution in [0.15, 0.2) is 63.2 Å². The SMILES string of the molecule is C=CCSc1nnc2c(n1)O[C@H](c1cc(Br)ccc1OC)Nc1ccc(Br)cc1-2. The first kappa shape index (κ1) is 20.2. The molecular weight excluding hydrogens is 520 g/mol. The first-order valence-electron chi connectivity index (χ1n) is 8.64. The number of hydrogen-bond donors (Lipinski definition) is 1. The van der Waals surface area contributed by atoms with Crippen molar-refractivity contribution in [1.82, 2.24) is 15.2 Å². The van der Waals surface area contributed by atoms with Crippen molar-refractivity contribution in [1.29, 1.82) is 0 Å². The lowest BCUT2D eigenvalue weighted by atomic mass is 10.1. The monoisotopic (exact) mass is 534 g/mol. The van der Waals surface area contributed by atoms with E-state index in [1.54, 1.807) is 13.2 Å². The van der Waals surface area contributed by atoms with Crippen molar-refractivity contribution < 1.29 is 9.47 Å². The smallest absolute Gasteiger partial charge is 0.247 e. The van der Waals surface area contributed by atoms with E-state index in [0.717, 1.165) is 25.8 Å². The van der Waals surface area contributed by atoms with E-state index in [-0.39, 0.29) is 0 Å². The van der Waals surface area contributed by atoms with Gasteiger partial charge in [-0.25, -0.2) is 0 Å². The van der Waals surface area contributed by atoms with Crippen LogP contribution in [0.3, 0.4) is 0 Å². The summed E-state index contributed by atoms with van der Waals surface area (Å²) in [5, 5.41) is 12.6. The lowest BCUT2D eigenvalue weighted by Crippen LogP contribution is -2.18. The molecule has 1 aliphatic rings. The summed E-state index contributed by atoms with van der Waals surface area (Å²) in [5.41, 5.74) is 3.13. The topological polar surface area (TPSA) is 69.2 Å². The maximum absolute atomic E-state index is 6.30. The number of nitrogens with one attached hydrogen (secondary N) is 1. The molecule has 0 spiro atoms. The number of hydrogen-bond acceptors (Lipinski definition) is 7. The average molecular weight is 536 g/mol. The summed E-state index contributed by atoms with van der Waals surface area (Å²) < 4.78 is 13.7. The Bertz CT molecular complexity index is 1080. The molecule has 0 unspecified atom stereocenters. The lowest BCUT2D eigenvalue weighted by molar-refractivity contribution is 0.219. The highest BCUT2D eigenvalue weighted by Gasteiger charge is 2.28. The van der Waals surface area contributed by atoms with Gasteiger partial charge in [-0.05, 0) is 36.4 Å². The fraction of sp³-hybridized carbons (Fsp3) is 0.150. The van der Waals surface area contributed by atoms with E-state index in [1.807, 2.05) is 36.4 Å². The van der Waals surface area contributed by atoms with Gasteiger partial charge in [0.1, 0.15) is 5.75 Å². The Morgan fingerprint density at radius 3 is 2.79 bits per heavy atom. The van der Waals surface area contributed by atoms with Crippen LogP contribution in [0.2, 0.25) is 0 Å². The second-order valence-corrected chi connectivity index (χ2v) is 8.88. The number of ether oxygens (including phenoxy) is 2. The molecular formula is C20H16Br2N4O2S. The highest BCUT2D eigenvalue weighted by atomic mass is 79.9. The Labute approximate surface area is 189 Å². The van der Waals surface area contributed by atoms with Crippen LogP contribution in [-0.4, -0.2) is 28.0 Å². The van der Waals surface area contributed by atoms with E-state index in [9.17, 15) is 0 Å². The zero-order valence-electron chi connectivity index (χ0n) is 15.4. The zero-order chi connectivity index (χ0) is 20.4. The highest BCUT2D eigenvalue weighted by Crippen LogP contribution is 2.42. The van der Waals surface area contributed by atoms with Gasteiger partial charge in [-0.1, -0.05) is 49.7 Å². The molecule has 6 nitrogen and oxygen atoms in total. The molecule has 29 heavy (non-hydrogen) atoms. The molecule has 1 atom stereocenters. The Morgan fingerprint density at radius 2 is 2.00 bits per heavy atom. The minimum absolute atomic E-state index is 0.406. The molecule has 0 saturated heterocycles. The van der Waals surface area contributed by atoms with Gasteiger partial charge in [0, 0.05) is 25.9 Å². The normalized spacial score (nSPS) is 14.7. The number of nitrogens with zero attached hydrogens (tertiary/aromatic N) is 3. The summed E-state index contributed by atoms with van der Waals surface area (Å²) in [6, 6.07) is 11.7. The molecule has 148 valence electrons. The van der Waals surface area contributed by atoms with Crippen LogP contribution in [-0.2, 0) is 0 Å². The van der Waals surface area contributed by atoms with Crippen molar-refractivity contribution in [3.63, 3.8) is 0 Å². The summed E-state index contributed by atoms with van der Waals surface area (Å²) in [6.07, 6.45) is 1.27. The van der Waals surface area contributed by atoms with Crippen molar-refractivity contribution in [2.75, 3.05) is 18.2 Å². The molecule has 9 heteroatoms. The minimum atomic E-state index is -0.530. The number of benzene rings is 2. The van der Waals surface area contributed by atoms with Crippen LogP contribution < -0.4 is 14.8 Å². The number of fused-ring (bicyclic) bond motifs is 3. The molecule has 4 rings (SSSR count). The van der Waals surface area contributed by atoms with Gasteiger partial charge in [0.2, 0.25) is 17.3 Å². The number of aromatic nitrogens is 3. The molecule has 2 heterocycles. The van der Waals surface area contributed by atoms with Gasteiger partial charge in [-0.15, -0.1) is 16.8 Å². The Balaban J connectivity index is 1.86. The van der Waals surface area contributed by atoms with Gasteiger partial charge in [-0.2, -0.15) is 4.98 Å². The standard InChI is InChI=1S/C20H16Br2N4O2S/c1-3-8-29-20-24-19-17(25-26-20)13-9-11(21)4-6-15(13)23-18(28-19)14-10-12(22)5-7-16(14)27-2/h3-7,9-10,18,23H,1,8H2,2H3/t18-/m1/s1. The summed E-state index contributed by atoms with van der Waals surface area (Å²) in [7, 11) is 1.64. The van der Waals surface area contributed by atoms with E-state index in [4.69, 9.17) is 9.47 Å². The Kier molecular flexibility index (Phi) is 6.07. The predicted molar refractivity (Wildman–Crippen MR) is 122 cm³/mol. The molecule has 1 aromatic heterocycles. The van der Waals surface area contributed by atoms with Crippen LogP contribution in [0.1, 0.15) is 11.8 Å².